The van der Waals surface area contributed by atoms with E-state index < -0.39 is 0 Å². The highest BCUT2D eigenvalue weighted by Crippen LogP contribution is 2.39. The molecule has 0 bridgehead atoms. The topological polar surface area (TPSA) is 71.9 Å². The minimum Gasteiger partial charge on any atom is -0.494 e. The smallest absolute Gasteiger partial charge is 0.280 e. The van der Waals surface area contributed by atoms with Gasteiger partial charge in [-0.15, -0.1) is 0 Å². The van der Waals surface area contributed by atoms with Crippen LogP contribution in [-0.2, 0) is 0 Å². The number of benzene rings is 2. The van der Waals surface area contributed by atoms with Gasteiger partial charge in [0.15, 0.2) is 5.88 Å². The number of anilines is 2. The second-order valence-electron chi connectivity index (χ2n) is 7.64. The first-order valence-corrected chi connectivity index (χ1v) is 10.6. The average molecular weight is 437 g/mol. The lowest BCUT2D eigenvalue weighted by Crippen LogP contribution is -2.21. The van der Waals surface area contributed by atoms with Crippen molar-refractivity contribution in [1.29, 1.82) is 0 Å². The molecule has 6 nitrogen and oxygen atoms in total. The number of carbonyl (C=O) groups is 1. The van der Waals surface area contributed by atoms with Gasteiger partial charge in [-0.05, 0) is 38.1 Å². The van der Waals surface area contributed by atoms with Crippen LogP contribution in [0.15, 0.2) is 47.5 Å². The van der Waals surface area contributed by atoms with E-state index in [0.717, 1.165) is 30.0 Å². The molecule has 1 aromatic heterocycles. The van der Waals surface area contributed by atoms with Gasteiger partial charge < -0.3 is 19.9 Å². The highest BCUT2D eigenvalue weighted by molar-refractivity contribution is 6.34. The quantitative estimate of drug-likeness (QED) is 0.573. The van der Waals surface area contributed by atoms with Crippen LogP contribution in [0.3, 0.4) is 0 Å². The van der Waals surface area contributed by atoms with Crippen LogP contribution in [0, 0.1) is 0 Å². The molecule has 0 saturated carbocycles. The van der Waals surface area contributed by atoms with Crippen molar-refractivity contribution < 1.29 is 9.90 Å². The van der Waals surface area contributed by atoms with E-state index in [1.54, 1.807) is 6.07 Å². The highest BCUT2D eigenvalue weighted by Gasteiger charge is 2.33. The Bertz CT molecular complexity index is 1180. The van der Waals surface area contributed by atoms with E-state index in [4.69, 9.17) is 11.6 Å². The summed E-state index contributed by atoms with van der Waals surface area (Å²) in [5.74, 6) is -0.451. The first kappa shape index (κ1) is 21.0. The number of rotatable bonds is 6. The Balaban J connectivity index is 1.74. The predicted octanol–water partition coefficient (Wildman–Crippen LogP) is 4.94. The summed E-state index contributed by atoms with van der Waals surface area (Å²) in [6.45, 7) is 6.05. The molecule has 7 heteroatoms. The fraction of sp³-hybridized carbons (Fsp3) is 0.250. The number of aromatic nitrogens is 1. The number of hydrogen-bond acceptors (Lipinski definition) is 4. The van der Waals surface area contributed by atoms with Crippen LogP contribution in [0.2, 0.25) is 5.02 Å². The van der Waals surface area contributed by atoms with Gasteiger partial charge in [0.05, 0.1) is 33.2 Å². The van der Waals surface area contributed by atoms with E-state index >= 15 is 0 Å². The maximum atomic E-state index is 12.8. The van der Waals surface area contributed by atoms with Crippen molar-refractivity contribution in [1.82, 2.24) is 4.98 Å². The van der Waals surface area contributed by atoms with Gasteiger partial charge in [0, 0.05) is 44.0 Å². The minimum atomic E-state index is -0.378. The number of nitrogens with one attached hydrogen (secondary N) is 1. The normalized spacial score (nSPS) is 12.7. The van der Waals surface area contributed by atoms with Crippen molar-refractivity contribution in [2.45, 2.75) is 13.8 Å². The monoisotopic (exact) mass is 436 g/mol. The summed E-state index contributed by atoms with van der Waals surface area (Å²) in [7, 11) is 3.82. The molecule has 4 rings (SSSR count). The molecule has 2 aromatic carbocycles. The van der Waals surface area contributed by atoms with E-state index in [-0.39, 0.29) is 11.8 Å². The highest BCUT2D eigenvalue weighted by atomic mass is 35.5. The van der Waals surface area contributed by atoms with Crippen molar-refractivity contribution in [2.24, 2.45) is 4.99 Å². The summed E-state index contributed by atoms with van der Waals surface area (Å²) in [4.78, 5) is 24.2. The number of aromatic amines is 1. The van der Waals surface area contributed by atoms with E-state index in [1.807, 2.05) is 55.4 Å². The lowest BCUT2D eigenvalue weighted by atomic mass is 10.00. The summed E-state index contributed by atoms with van der Waals surface area (Å²) in [6, 6.07) is 13.4. The first-order chi connectivity index (χ1) is 14.8. The second kappa shape index (κ2) is 8.12. The summed E-state index contributed by atoms with van der Waals surface area (Å²) >= 11 is 6.42. The number of carbonyl (C=O) groups excluding carboxylic acids is 1. The van der Waals surface area contributed by atoms with Crippen molar-refractivity contribution in [3.63, 3.8) is 0 Å². The minimum absolute atomic E-state index is 0.0739. The number of H-pyrrole nitrogens is 1. The van der Waals surface area contributed by atoms with Crippen LogP contribution < -0.4 is 9.80 Å². The number of nitrogens with zero attached hydrogens (tertiary/aromatic N) is 3. The molecule has 3 aromatic rings. The first-order valence-electron chi connectivity index (χ1n) is 10.3. The van der Waals surface area contributed by atoms with Crippen LogP contribution in [0.5, 0.6) is 5.88 Å². The number of aromatic hydroxyl groups is 1. The zero-order valence-electron chi connectivity index (χ0n) is 18.0. The zero-order chi connectivity index (χ0) is 22.3. The molecule has 31 heavy (non-hydrogen) atoms. The number of fused-ring (bicyclic) bond motifs is 1. The molecule has 0 atom stereocenters. The van der Waals surface area contributed by atoms with E-state index in [1.165, 1.54) is 0 Å². The largest absolute Gasteiger partial charge is 0.494 e. The fourth-order valence-electron chi connectivity index (χ4n) is 4.01. The fourth-order valence-corrected chi connectivity index (χ4v) is 4.36. The molecular formula is C24H25ClN4O2. The van der Waals surface area contributed by atoms with Gasteiger partial charge in [-0.3, -0.25) is 4.79 Å². The molecule has 0 unspecified atom stereocenters. The number of amides is 1. The molecule has 1 aliphatic heterocycles. The van der Waals surface area contributed by atoms with Crippen molar-refractivity contribution in [3.8, 4) is 17.1 Å². The molecule has 2 heterocycles. The predicted molar refractivity (Wildman–Crippen MR) is 127 cm³/mol. The van der Waals surface area contributed by atoms with Crippen molar-refractivity contribution in [2.75, 3.05) is 37.0 Å². The summed E-state index contributed by atoms with van der Waals surface area (Å²) in [5, 5.41) is 11.2. The molecule has 1 amide bonds. The molecule has 160 valence electrons. The van der Waals surface area contributed by atoms with Gasteiger partial charge in [-0.1, -0.05) is 29.8 Å². The summed E-state index contributed by atoms with van der Waals surface area (Å²) in [5.41, 5.74) is 5.27. The average Bonchev–Trinajstić information content (AvgIpc) is 3.27. The van der Waals surface area contributed by atoms with Crippen molar-refractivity contribution >= 4 is 34.6 Å². The lowest BCUT2D eigenvalue weighted by Gasteiger charge is -2.21. The third-order valence-corrected chi connectivity index (χ3v) is 5.93. The zero-order valence-corrected chi connectivity index (χ0v) is 18.8. The molecule has 0 radical (unpaired) electrons. The van der Waals surface area contributed by atoms with Crippen LogP contribution in [0.1, 0.15) is 35.3 Å². The van der Waals surface area contributed by atoms with E-state index in [2.05, 4.69) is 28.7 Å². The van der Waals surface area contributed by atoms with Crippen LogP contribution >= 0.6 is 11.6 Å². The molecule has 2 N–H and O–H groups in total. The second-order valence-corrected chi connectivity index (χ2v) is 8.05. The SMILES string of the molecule is CCN(CC)c1ccc(C2=NC(=O)c3c(-c4ccc(N(C)C)c(Cl)c4)[nH]c(O)c32)cc1. The van der Waals surface area contributed by atoms with Gasteiger partial charge in [-0.25, -0.2) is 4.99 Å². The molecule has 0 aliphatic carbocycles. The Labute approximate surface area is 186 Å². The summed E-state index contributed by atoms with van der Waals surface area (Å²) < 4.78 is 0. The lowest BCUT2D eigenvalue weighted by molar-refractivity contribution is 0.101. The van der Waals surface area contributed by atoms with E-state index in [0.29, 0.717) is 33.1 Å². The Morgan fingerprint density at radius 3 is 2.23 bits per heavy atom. The molecule has 0 saturated heterocycles. The maximum Gasteiger partial charge on any atom is 0.280 e. The van der Waals surface area contributed by atoms with Crippen LogP contribution in [0.25, 0.3) is 11.3 Å². The van der Waals surface area contributed by atoms with Gasteiger partial charge in [0.2, 0.25) is 0 Å². The van der Waals surface area contributed by atoms with Gasteiger partial charge in [0.25, 0.3) is 5.91 Å². The third-order valence-electron chi connectivity index (χ3n) is 5.63. The molecule has 1 aliphatic rings. The number of halogens is 1. The third kappa shape index (κ3) is 3.57. The van der Waals surface area contributed by atoms with Crippen LogP contribution in [-0.4, -0.2) is 48.9 Å². The summed E-state index contributed by atoms with van der Waals surface area (Å²) in [6.07, 6.45) is 0. The number of aliphatic imine (C=N–C) groups is 1. The maximum absolute atomic E-state index is 12.8. The van der Waals surface area contributed by atoms with E-state index in [9.17, 15) is 9.90 Å². The van der Waals surface area contributed by atoms with Gasteiger partial charge in [0.1, 0.15) is 0 Å². The standard InChI is InChI=1S/C24H25ClN4O2/c1-5-29(6-2)16-10-7-14(8-11-16)21-19-20(24(31)26-21)22(27-23(19)30)15-9-12-18(28(3)4)17(25)13-15/h7-13,27,30H,5-6H2,1-4H3. The Kier molecular flexibility index (Phi) is 5.50. The number of hydrogen-bond donors (Lipinski definition) is 2. The van der Waals surface area contributed by atoms with Crippen molar-refractivity contribution in [3.05, 3.63) is 64.2 Å². The van der Waals surface area contributed by atoms with Gasteiger partial charge >= 0.3 is 0 Å². The van der Waals surface area contributed by atoms with Crippen LogP contribution in [0.4, 0.5) is 11.4 Å². The molecular weight excluding hydrogens is 412 g/mol. The molecule has 0 fully saturated rings. The Morgan fingerprint density at radius 2 is 1.65 bits per heavy atom. The van der Waals surface area contributed by atoms with Gasteiger partial charge in [-0.2, -0.15) is 0 Å². The Hall–Kier alpha value is -3.25. The molecule has 0 spiro atoms. The Morgan fingerprint density at radius 1 is 1.00 bits per heavy atom.